The second-order valence-corrected chi connectivity index (χ2v) is 5.08. The fraction of sp³-hybridized carbons (Fsp3) is 0.231. The molecule has 0 atom stereocenters. The lowest BCUT2D eigenvalue weighted by molar-refractivity contribution is -0.654. The van der Waals surface area contributed by atoms with Gasteiger partial charge in [0, 0.05) is 25.2 Å². The molecule has 1 heterocycles. The third kappa shape index (κ3) is 2.95. The van der Waals surface area contributed by atoms with Gasteiger partial charge in [0.2, 0.25) is 0 Å². The highest BCUT2D eigenvalue weighted by molar-refractivity contribution is 7.12. The molecule has 0 spiro atoms. The van der Waals surface area contributed by atoms with Crippen LogP contribution in [0.15, 0.2) is 40.0 Å². The van der Waals surface area contributed by atoms with Crippen LogP contribution in [0.1, 0.15) is 5.56 Å². The first kappa shape index (κ1) is 13.2. The molecule has 0 amide bonds. The minimum Gasteiger partial charge on any atom is -0.378 e. The van der Waals surface area contributed by atoms with Gasteiger partial charge in [0.05, 0.1) is 17.7 Å². The Hall–Kier alpha value is -2.26. The number of aromatic nitrogens is 1. The van der Waals surface area contributed by atoms with Crippen LogP contribution in [0, 0.1) is 11.3 Å². The Morgan fingerprint density at radius 3 is 2.68 bits per heavy atom. The van der Waals surface area contributed by atoms with Gasteiger partial charge in [-0.3, -0.25) is 0 Å². The van der Waals surface area contributed by atoms with Crippen LogP contribution in [-0.2, 0) is 7.05 Å². The average Bonchev–Trinajstić information content (AvgIpc) is 2.81. The molecule has 0 unspecified atom stereocenters. The van der Waals surface area contributed by atoms with E-state index in [0.29, 0.717) is 11.3 Å². The highest BCUT2D eigenvalue weighted by atomic mass is 32.1. The SMILES string of the molecule is CN(C)c1ccc(N=Nc2scc[n+]2C)c(C#N)c1. The lowest BCUT2D eigenvalue weighted by atomic mass is 10.1. The first-order valence-electron chi connectivity index (χ1n) is 5.68. The van der Waals surface area contributed by atoms with Gasteiger partial charge in [-0.05, 0) is 34.7 Å². The smallest absolute Gasteiger partial charge is 0.378 e. The van der Waals surface area contributed by atoms with Crippen molar-refractivity contribution in [3.63, 3.8) is 0 Å². The van der Waals surface area contributed by atoms with Gasteiger partial charge in [-0.1, -0.05) is 0 Å². The summed E-state index contributed by atoms with van der Waals surface area (Å²) in [6, 6.07) is 7.69. The predicted octanol–water partition coefficient (Wildman–Crippen LogP) is 2.93. The number of anilines is 1. The standard InChI is InChI=1S/C13H14N5S/c1-17(2)11-4-5-12(10(8-11)9-14)15-16-13-18(3)6-7-19-13/h4-8H,1-3H3/q+1. The van der Waals surface area contributed by atoms with E-state index < -0.39 is 0 Å². The van der Waals surface area contributed by atoms with Crippen molar-refractivity contribution in [3.05, 3.63) is 35.3 Å². The highest BCUT2D eigenvalue weighted by Crippen LogP contribution is 2.26. The summed E-state index contributed by atoms with van der Waals surface area (Å²) in [5, 5.41) is 20.2. The van der Waals surface area contributed by atoms with Crippen molar-refractivity contribution < 1.29 is 4.57 Å². The topological polar surface area (TPSA) is 55.6 Å². The molecular formula is C13H14N5S+. The van der Waals surface area contributed by atoms with Crippen molar-refractivity contribution in [2.75, 3.05) is 19.0 Å². The number of benzene rings is 1. The Bertz CT molecular complexity index is 651. The van der Waals surface area contributed by atoms with Gasteiger partial charge in [-0.25, -0.2) is 4.57 Å². The van der Waals surface area contributed by atoms with Crippen molar-refractivity contribution in [3.8, 4) is 6.07 Å². The molecule has 2 rings (SSSR count). The lowest BCUT2D eigenvalue weighted by Crippen LogP contribution is -2.23. The number of hydrogen-bond donors (Lipinski definition) is 0. The first-order chi connectivity index (χ1) is 9.11. The summed E-state index contributed by atoms with van der Waals surface area (Å²) < 4.78 is 1.88. The largest absolute Gasteiger partial charge is 0.408 e. The molecule has 0 bridgehead atoms. The third-order valence-electron chi connectivity index (χ3n) is 2.62. The number of nitrogens with zero attached hydrogens (tertiary/aromatic N) is 5. The van der Waals surface area contributed by atoms with E-state index in [0.717, 1.165) is 10.8 Å². The van der Waals surface area contributed by atoms with Crippen molar-refractivity contribution in [1.29, 1.82) is 5.26 Å². The van der Waals surface area contributed by atoms with Crippen LogP contribution in [-0.4, -0.2) is 14.1 Å². The summed E-state index contributed by atoms with van der Waals surface area (Å²) >= 11 is 1.50. The first-order valence-corrected chi connectivity index (χ1v) is 6.56. The van der Waals surface area contributed by atoms with Crippen LogP contribution in [0.3, 0.4) is 0 Å². The zero-order valence-electron chi connectivity index (χ0n) is 11.0. The fourth-order valence-corrected chi connectivity index (χ4v) is 2.18. The molecule has 0 saturated heterocycles. The second kappa shape index (κ2) is 5.59. The van der Waals surface area contributed by atoms with Crippen molar-refractivity contribution in [2.24, 2.45) is 17.3 Å². The second-order valence-electron chi connectivity index (χ2n) is 4.20. The van der Waals surface area contributed by atoms with Gasteiger partial charge in [-0.15, -0.1) is 0 Å². The van der Waals surface area contributed by atoms with Crippen LogP contribution in [0.25, 0.3) is 0 Å². The molecule has 0 fully saturated rings. The van der Waals surface area contributed by atoms with Crippen molar-refractivity contribution in [1.82, 2.24) is 0 Å². The zero-order valence-corrected chi connectivity index (χ0v) is 11.8. The quantitative estimate of drug-likeness (QED) is 0.637. The van der Waals surface area contributed by atoms with Crippen molar-refractivity contribution >= 4 is 27.8 Å². The van der Waals surface area contributed by atoms with Crippen molar-refractivity contribution in [2.45, 2.75) is 0 Å². The molecular weight excluding hydrogens is 258 g/mol. The van der Waals surface area contributed by atoms with Crippen LogP contribution >= 0.6 is 11.3 Å². The van der Waals surface area contributed by atoms with Gasteiger partial charge in [0.15, 0.2) is 0 Å². The van der Waals surface area contributed by atoms with Gasteiger partial charge >= 0.3 is 5.13 Å². The molecule has 1 aromatic carbocycles. The van der Waals surface area contributed by atoms with E-state index in [-0.39, 0.29) is 0 Å². The number of hydrogen-bond acceptors (Lipinski definition) is 5. The lowest BCUT2D eigenvalue weighted by Gasteiger charge is -2.12. The monoisotopic (exact) mass is 272 g/mol. The minimum absolute atomic E-state index is 0.522. The summed E-state index contributed by atoms with van der Waals surface area (Å²) in [6.07, 6.45) is 1.92. The van der Waals surface area contributed by atoms with Gasteiger partial charge in [0.25, 0.3) is 0 Å². The predicted molar refractivity (Wildman–Crippen MR) is 75.2 cm³/mol. The molecule has 0 aliphatic carbocycles. The van der Waals surface area contributed by atoms with E-state index >= 15 is 0 Å². The van der Waals surface area contributed by atoms with E-state index in [2.05, 4.69) is 16.3 Å². The van der Waals surface area contributed by atoms with Crippen LogP contribution in [0.2, 0.25) is 0 Å². The Morgan fingerprint density at radius 1 is 1.32 bits per heavy atom. The normalized spacial score (nSPS) is 10.6. The molecule has 6 heteroatoms. The van der Waals surface area contributed by atoms with E-state index in [1.165, 1.54) is 11.3 Å². The maximum atomic E-state index is 9.16. The number of thiazole rings is 1. The van der Waals surface area contributed by atoms with Crippen LogP contribution in [0.4, 0.5) is 16.5 Å². The van der Waals surface area contributed by atoms with Crippen LogP contribution in [0.5, 0.6) is 0 Å². The van der Waals surface area contributed by atoms with Gasteiger partial charge in [0.1, 0.15) is 18.0 Å². The molecule has 5 nitrogen and oxygen atoms in total. The fourth-order valence-electron chi connectivity index (χ4n) is 1.50. The average molecular weight is 272 g/mol. The highest BCUT2D eigenvalue weighted by Gasteiger charge is 2.10. The molecule has 2 aromatic rings. The summed E-state index contributed by atoms with van der Waals surface area (Å²) in [5.74, 6) is 0. The van der Waals surface area contributed by atoms with E-state index in [1.54, 1.807) is 0 Å². The Balaban J connectivity index is 2.33. The number of nitriles is 1. The van der Waals surface area contributed by atoms with E-state index in [1.807, 2.05) is 60.4 Å². The van der Waals surface area contributed by atoms with Crippen LogP contribution < -0.4 is 9.47 Å². The molecule has 0 N–H and O–H groups in total. The third-order valence-corrected chi connectivity index (χ3v) is 3.46. The van der Waals surface area contributed by atoms with E-state index in [4.69, 9.17) is 5.26 Å². The Morgan fingerprint density at radius 2 is 2.11 bits per heavy atom. The molecule has 0 radical (unpaired) electrons. The summed E-state index contributed by atoms with van der Waals surface area (Å²) in [6.45, 7) is 0. The number of azo groups is 1. The Kier molecular flexibility index (Phi) is 3.88. The molecule has 0 aliphatic heterocycles. The van der Waals surface area contributed by atoms with Gasteiger partial charge < -0.3 is 4.90 Å². The zero-order chi connectivity index (χ0) is 13.8. The summed E-state index contributed by atoms with van der Waals surface area (Å²) in [7, 11) is 5.78. The minimum atomic E-state index is 0.522. The number of rotatable bonds is 3. The molecule has 1 aromatic heterocycles. The molecule has 96 valence electrons. The van der Waals surface area contributed by atoms with E-state index in [9.17, 15) is 0 Å². The molecule has 0 saturated carbocycles. The molecule has 0 aliphatic rings. The summed E-state index contributed by atoms with van der Waals surface area (Å²) in [4.78, 5) is 1.95. The maximum absolute atomic E-state index is 9.16. The Labute approximate surface area is 116 Å². The molecule has 19 heavy (non-hydrogen) atoms. The van der Waals surface area contributed by atoms with Gasteiger partial charge in [-0.2, -0.15) is 5.26 Å². The number of aryl methyl sites for hydroxylation is 1. The summed E-state index contributed by atoms with van der Waals surface area (Å²) in [5.41, 5.74) is 2.08. The maximum Gasteiger partial charge on any atom is 0.408 e.